The quantitative estimate of drug-likeness (QED) is 0.162. The lowest BCUT2D eigenvalue weighted by molar-refractivity contribution is -0.118. The van der Waals surface area contributed by atoms with Crippen molar-refractivity contribution in [2.75, 3.05) is 12.3 Å². The Morgan fingerprint density at radius 1 is 0.733 bits per heavy atom. The molecule has 1 aromatic carbocycles. The molecule has 0 bridgehead atoms. The Morgan fingerprint density at radius 2 is 1.17 bits per heavy atom. The second kappa shape index (κ2) is 19.8. The van der Waals surface area contributed by atoms with Gasteiger partial charge in [0.1, 0.15) is 5.75 Å². The Kier molecular flexibility index (Phi) is 17.7. The Morgan fingerprint density at radius 3 is 1.63 bits per heavy atom. The van der Waals surface area contributed by atoms with Gasteiger partial charge in [-0.05, 0) is 30.7 Å². The molecule has 172 valence electrons. The minimum absolute atomic E-state index is 0.0917. The topological polar surface area (TPSA) is 49.3 Å². The third-order valence-corrected chi connectivity index (χ3v) is 6.57. The molecule has 3 nitrogen and oxygen atoms in total. The smallest absolute Gasteiger partial charge is 0.230 e. The predicted octanol–water partition coefficient (Wildman–Crippen LogP) is 7.86. The van der Waals surface area contributed by atoms with Gasteiger partial charge in [-0.15, -0.1) is 11.8 Å². The average molecular weight is 436 g/mol. The van der Waals surface area contributed by atoms with E-state index in [9.17, 15) is 9.90 Å². The molecule has 0 spiro atoms. The first-order chi connectivity index (χ1) is 14.7. The molecule has 30 heavy (non-hydrogen) atoms. The van der Waals surface area contributed by atoms with Crippen LogP contribution in [0.1, 0.15) is 110 Å². The highest BCUT2D eigenvalue weighted by molar-refractivity contribution is 8.00. The summed E-state index contributed by atoms with van der Waals surface area (Å²) in [6.07, 6.45) is 21.9. The van der Waals surface area contributed by atoms with Gasteiger partial charge >= 0.3 is 0 Å². The number of carbonyl (C=O) groups is 1. The van der Waals surface area contributed by atoms with Gasteiger partial charge in [-0.3, -0.25) is 4.79 Å². The number of thioether (sulfide) groups is 1. The molecule has 0 heterocycles. The number of benzene rings is 1. The van der Waals surface area contributed by atoms with E-state index in [1.165, 1.54) is 108 Å². The van der Waals surface area contributed by atoms with Gasteiger partial charge in [-0.25, -0.2) is 0 Å². The Hall–Kier alpha value is -1.16. The number of phenolic OH excluding ortho intramolecular Hbond substituents is 1. The van der Waals surface area contributed by atoms with Crippen LogP contribution in [0.3, 0.4) is 0 Å². The zero-order chi connectivity index (χ0) is 21.7. The molecule has 1 aromatic rings. The minimum Gasteiger partial charge on any atom is -0.508 e. The molecule has 0 unspecified atom stereocenters. The molecule has 0 aromatic heterocycles. The van der Waals surface area contributed by atoms with Gasteiger partial charge in [0.25, 0.3) is 0 Å². The number of phenols is 1. The third kappa shape index (κ3) is 16.6. The highest BCUT2D eigenvalue weighted by Gasteiger charge is 2.02. The fourth-order valence-electron chi connectivity index (χ4n) is 3.64. The number of unbranched alkanes of at least 4 members (excludes halogenated alkanes) is 15. The number of hydrogen-bond donors (Lipinski definition) is 2. The molecule has 0 radical (unpaired) electrons. The van der Waals surface area contributed by atoms with Crippen molar-refractivity contribution in [1.29, 1.82) is 0 Å². The molecule has 0 aliphatic rings. The molecule has 1 rings (SSSR count). The van der Waals surface area contributed by atoms with Crippen molar-refractivity contribution in [1.82, 2.24) is 5.32 Å². The number of rotatable bonds is 20. The third-order valence-electron chi connectivity index (χ3n) is 5.56. The van der Waals surface area contributed by atoms with Crippen LogP contribution in [0.25, 0.3) is 0 Å². The summed E-state index contributed by atoms with van der Waals surface area (Å²) in [6.45, 7) is 3.07. The summed E-state index contributed by atoms with van der Waals surface area (Å²) in [7, 11) is 0. The van der Waals surface area contributed by atoms with Crippen LogP contribution < -0.4 is 5.32 Å². The SMILES string of the molecule is CCCCCCCCCCCCCCCCCCNC(=O)CSc1ccc(O)cc1. The number of hydrogen-bond acceptors (Lipinski definition) is 3. The molecule has 0 fully saturated rings. The van der Waals surface area contributed by atoms with Crippen molar-refractivity contribution < 1.29 is 9.90 Å². The molecule has 0 saturated heterocycles. The van der Waals surface area contributed by atoms with E-state index in [4.69, 9.17) is 0 Å². The van der Waals surface area contributed by atoms with Crippen molar-refractivity contribution >= 4 is 17.7 Å². The maximum atomic E-state index is 11.9. The summed E-state index contributed by atoms with van der Waals surface area (Å²) in [6, 6.07) is 6.97. The molecule has 0 aliphatic heterocycles. The highest BCUT2D eigenvalue weighted by Crippen LogP contribution is 2.20. The number of nitrogens with one attached hydrogen (secondary N) is 1. The van der Waals surface area contributed by atoms with E-state index >= 15 is 0 Å². The standard InChI is InChI=1S/C26H45NO2S/c1-2-3-4-5-6-7-8-9-10-11-12-13-14-15-16-17-22-27-26(29)23-30-25-20-18-24(28)19-21-25/h18-21,28H,2-17,22-23H2,1H3,(H,27,29). The zero-order valence-electron chi connectivity index (χ0n) is 19.3. The summed E-state index contributed by atoms with van der Waals surface area (Å²) in [5.41, 5.74) is 0. The van der Waals surface area contributed by atoms with Gasteiger partial charge < -0.3 is 10.4 Å². The minimum atomic E-state index is 0.0917. The lowest BCUT2D eigenvalue weighted by Gasteiger charge is -2.06. The Labute approximate surface area is 189 Å². The van der Waals surface area contributed by atoms with Crippen LogP contribution in [-0.2, 0) is 4.79 Å². The van der Waals surface area contributed by atoms with Gasteiger partial charge in [-0.1, -0.05) is 103 Å². The van der Waals surface area contributed by atoms with E-state index < -0.39 is 0 Å². The van der Waals surface area contributed by atoms with Crippen molar-refractivity contribution in [3.63, 3.8) is 0 Å². The first-order valence-corrected chi connectivity index (χ1v) is 13.4. The normalized spacial score (nSPS) is 11.0. The molecule has 1 amide bonds. The Balaban J connectivity index is 1.77. The van der Waals surface area contributed by atoms with Crippen molar-refractivity contribution in [2.45, 2.75) is 115 Å². The number of aromatic hydroxyl groups is 1. The van der Waals surface area contributed by atoms with E-state index in [1.807, 2.05) is 12.1 Å². The van der Waals surface area contributed by atoms with Gasteiger partial charge in [0.05, 0.1) is 5.75 Å². The number of carbonyl (C=O) groups excluding carboxylic acids is 1. The monoisotopic (exact) mass is 435 g/mol. The first-order valence-electron chi connectivity index (χ1n) is 12.4. The Bertz CT molecular complexity index is 518. The molecular weight excluding hydrogens is 390 g/mol. The fraction of sp³-hybridized carbons (Fsp3) is 0.731. The van der Waals surface area contributed by atoms with E-state index in [0.717, 1.165) is 17.9 Å². The molecular formula is C26H45NO2S. The lowest BCUT2D eigenvalue weighted by atomic mass is 10.0. The van der Waals surface area contributed by atoms with Crippen molar-refractivity contribution in [3.8, 4) is 5.75 Å². The van der Waals surface area contributed by atoms with Crippen LogP contribution >= 0.6 is 11.8 Å². The zero-order valence-corrected chi connectivity index (χ0v) is 20.1. The van der Waals surface area contributed by atoms with Gasteiger partial charge in [0.2, 0.25) is 5.91 Å². The second-order valence-electron chi connectivity index (χ2n) is 8.44. The number of amides is 1. The summed E-state index contributed by atoms with van der Waals surface area (Å²) >= 11 is 1.50. The fourth-order valence-corrected chi connectivity index (χ4v) is 4.37. The summed E-state index contributed by atoms with van der Waals surface area (Å²) < 4.78 is 0. The predicted molar refractivity (Wildman–Crippen MR) is 131 cm³/mol. The summed E-state index contributed by atoms with van der Waals surface area (Å²) in [4.78, 5) is 12.9. The summed E-state index contributed by atoms with van der Waals surface area (Å²) in [5.74, 6) is 0.783. The maximum absolute atomic E-state index is 11.9. The van der Waals surface area contributed by atoms with E-state index in [1.54, 1.807) is 12.1 Å². The largest absolute Gasteiger partial charge is 0.508 e. The van der Waals surface area contributed by atoms with Crippen LogP contribution in [0.4, 0.5) is 0 Å². The van der Waals surface area contributed by atoms with Crippen LogP contribution in [0.15, 0.2) is 29.2 Å². The van der Waals surface area contributed by atoms with E-state index in [0.29, 0.717) is 5.75 Å². The first kappa shape index (κ1) is 26.9. The second-order valence-corrected chi connectivity index (χ2v) is 9.48. The molecule has 2 N–H and O–H groups in total. The van der Waals surface area contributed by atoms with Gasteiger partial charge in [-0.2, -0.15) is 0 Å². The lowest BCUT2D eigenvalue weighted by Crippen LogP contribution is -2.26. The summed E-state index contributed by atoms with van der Waals surface area (Å²) in [5, 5.41) is 12.3. The van der Waals surface area contributed by atoms with Gasteiger partial charge in [0, 0.05) is 11.4 Å². The highest BCUT2D eigenvalue weighted by atomic mass is 32.2. The van der Waals surface area contributed by atoms with Gasteiger partial charge in [0.15, 0.2) is 0 Å². The van der Waals surface area contributed by atoms with Crippen LogP contribution in [0.2, 0.25) is 0 Å². The molecule has 0 aliphatic carbocycles. The molecule has 0 atom stereocenters. The van der Waals surface area contributed by atoms with Crippen LogP contribution in [-0.4, -0.2) is 23.3 Å². The van der Waals surface area contributed by atoms with E-state index in [2.05, 4.69) is 12.2 Å². The van der Waals surface area contributed by atoms with E-state index in [-0.39, 0.29) is 11.7 Å². The average Bonchev–Trinajstić information content (AvgIpc) is 2.75. The molecule has 4 heteroatoms. The van der Waals surface area contributed by atoms with Crippen molar-refractivity contribution in [3.05, 3.63) is 24.3 Å². The molecule has 0 saturated carbocycles. The van der Waals surface area contributed by atoms with Crippen LogP contribution in [0.5, 0.6) is 5.75 Å². The maximum Gasteiger partial charge on any atom is 0.230 e. The van der Waals surface area contributed by atoms with Crippen LogP contribution in [0, 0.1) is 0 Å². The van der Waals surface area contributed by atoms with Crippen molar-refractivity contribution in [2.24, 2.45) is 0 Å².